The molecule has 0 saturated carbocycles. The summed E-state index contributed by atoms with van der Waals surface area (Å²) in [6, 6.07) is 0. The van der Waals surface area contributed by atoms with Crippen LogP contribution in [0.25, 0.3) is 0 Å². The Balaban J connectivity index is 4.11. The molecule has 312 valence electrons. The van der Waals surface area contributed by atoms with E-state index < -0.39 is 33.2 Å². The van der Waals surface area contributed by atoms with Gasteiger partial charge in [0.2, 0.25) is 0 Å². The predicted octanol–water partition coefficient (Wildman–Crippen LogP) is 11.9. The summed E-state index contributed by atoms with van der Waals surface area (Å²) in [6.45, 7) is 3.58. The van der Waals surface area contributed by atoms with Crippen molar-refractivity contribution in [3.8, 4) is 0 Å². The molecule has 0 fully saturated rings. The molecule has 0 aromatic heterocycles. The molecule has 0 heterocycles. The highest BCUT2D eigenvalue weighted by molar-refractivity contribution is 7.47. The Bertz CT molecular complexity index is 785. The SMILES string of the molecule is CCCCCCCCCCCCCCCCCCOC[C@H](COP(=O)(O)OC[C@H](O)CO)OC(=O)CCCCCCCCCCCCCCCCC. The second-order valence-corrected chi connectivity index (χ2v) is 16.5. The zero-order valence-electron chi connectivity index (χ0n) is 34.1. The van der Waals surface area contributed by atoms with Gasteiger partial charge in [-0.1, -0.05) is 200 Å². The molecule has 0 rings (SSSR count). The van der Waals surface area contributed by atoms with Gasteiger partial charge in [0.15, 0.2) is 0 Å². The lowest BCUT2D eigenvalue weighted by Gasteiger charge is -2.20. The molecule has 52 heavy (non-hydrogen) atoms. The van der Waals surface area contributed by atoms with Gasteiger partial charge in [0.25, 0.3) is 0 Å². The number of aliphatic hydroxyl groups is 2. The summed E-state index contributed by atoms with van der Waals surface area (Å²) in [7, 11) is -4.51. The van der Waals surface area contributed by atoms with Gasteiger partial charge in [0.1, 0.15) is 12.2 Å². The quantitative estimate of drug-likeness (QED) is 0.0315. The Morgan fingerprint density at radius 1 is 0.519 bits per heavy atom. The Labute approximate surface area is 320 Å². The number of esters is 1. The molecule has 0 aromatic rings. The van der Waals surface area contributed by atoms with Crippen molar-refractivity contribution >= 4 is 13.8 Å². The maximum atomic E-state index is 12.6. The average Bonchev–Trinajstić information content (AvgIpc) is 3.13. The Morgan fingerprint density at radius 3 is 1.25 bits per heavy atom. The number of phosphoric acid groups is 1. The van der Waals surface area contributed by atoms with Crippen molar-refractivity contribution in [2.24, 2.45) is 0 Å². The molecule has 0 amide bonds. The normalized spacial score (nSPS) is 14.0. The average molecular weight is 765 g/mol. The van der Waals surface area contributed by atoms with E-state index in [1.807, 2.05) is 0 Å². The van der Waals surface area contributed by atoms with Crippen LogP contribution in [-0.2, 0) is 27.9 Å². The largest absolute Gasteiger partial charge is 0.472 e. The van der Waals surface area contributed by atoms with E-state index in [1.165, 1.54) is 167 Å². The second-order valence-electron chi connectivity index (χ2n) is 15.1. The molecule has 3 N–H and O–H groups in total. The van der Waals surface area contributed by atoms with Crippen LogP contribution >= 0.6 is 7.82 Å². The van der Waals surface area contributed by atoms with Crippen LogP contribution in [0.1, 0.15) is 219 Å². The summed E-state index contributed by atoms with van der Waals surface area (Å²) in [4.78, 5) is 22.6. The number of unbranched alkanes of at least 4 members (excludes halogenated alkanes) is 29. The molecule has 0 radical (unpaired) electrons. The molecule has 3 atom stereocenters. The number of carbonyl (C=O) groups excluding carboxylic acids is 1. The van der Waals surface area contributed by atoms with E-state index in [0.29, 0.717) is 6.61 Å². The fourth-order valence-electron chi connectivity index (χ4n) is 6.42. The van der Waals surface area contributed by atoms with Gasteiger partial charge >= 0.3 is 13.8 Å². The summed E-state index contributed by atoms with van der Waals surface area (Å²) < 4.78 is 33.4. The van der Waals surface area contributed by atoms with E-state index in [0.717, 1.165) is 32.1 Å². The molecule has 0 aromatic carbocycles. The minimum atomic E-state index is -4.51. The van der Waals surface area contributed by atoms with E-state index in [2.05, 4.69) is 13.8 Å². The van der Waals surface area contributed by atoms with Gasteiger partial charge in [0.05, 0.1) is 26.4 Å². The minimum Gasteiger partial charge on any atom is -0.457 e. The summed E-state index contributed by atoms with van der Waals surface area (Å²) in [5.74, 6) is -0.376. The predicted molar refractivity (Wildman–Crippen MR) is 215 cm³/mol. The standard InChI is InChI=1S/C42H85O9P/c1-3-5-7-9-11-13-15-17-19-21-23-25-27-29-31-33-35-48-38-41(39-50-52(46,47)49-37-40(44)36-43)51-42(45)34-32-30-28-26-24-22-20-18-16-14-12-10-8-6-4-2/h40-41,43-44H,3-39H2,1-2H3,(H,46,47)/t40-,41-/m1/s1. The van der Waals surface area contributed by atoms with Crippen LogP contribution < -0.4 is 0 Å². The summed E-state index contributed by atoms with van der Waals surface area (Å²) in [6.07, 6.45) is 37.7. The molecular weight excluding hydrogens is 679 g/mol. The lowest BCUT2D eigenvalue weighted by atomic mass is 10.0. The highest BCUT2D eigenvalue weighted by atomic mass is 31.2. The first-order chi connectivity index (χ1) is 25.3. The molecule has 0 bridgehead atoms. The second kappa shape index (κ2) is 40.1. The lowest BCUT2D eigenvalue weighted by Crippen LogP contribution is -2.29. The molecule has 0 saturated heterocycles. The molecular formula is C42H85O9P. The van der Waals surface area contributed by atoms with Crippen LogP contribution in [0.2, 0.25) is 0 Å². The van der Waals surface area contributed by atoms with Gasteiger partial charge in [-0.2, -0.15) is 0 Å². The first-order valence-corrected chi connectivity index (χ1v) is 23.5. The zero-order chi connectivity index (χ0) is 38.2. The van der Waals surface area contributed by atoms with Crippen LogP contribution in [0.4, 0.5) is 0 Å². The van der Waals surface area contributed by atoms with Crippen LogP contribution in [0, 0.1) is 0 Å². The molecule has 9 nitrogen and oxygen atoms in total. The van der Waals surface area contributed by atoms with Crippen LogP contribution in [0.15, 0.2) is 0 Å². The third-order valence-corrected chi connectivity index (χ3v) is 10.7. The van der Waals surface area contributed by atoms with Gasteiger partial charge in [0, 0.05) is 13.0 Å². The number of rotatable bonds is 43. The van der Waals surface area contributed by atoms with Gasteiger partial charge < -0.3 is 24.6 Å². The molecule has 0 aliphatic rings. The van der Waals surface area contributed by atoms with Crippen molar-refractivity contribution in [2.75, 3.05) is 33.0 Å². The number of phosphoric ester groups is 1. The van der Waals surface area contributed by atoms with Crippen molar-refractivity contribution in [1.82, 2.24) is 0 Å². The monoisotopic (exact) mass is 765 g/mol. The highest BCUT2D eigenvalue weighted by Crippen LogP contribution is 2.43. The molecule has 1 unspecified atom stereocenters. The topological polar surface area (TPSA) is 132 Å². The first kappa shape index (κ1) is 51.5. The molecule has 0 aliphatic carbocycles. The van der Waals surface area contributed by atoms with Gasteiger partial charge in [-0.3, -0.25) is 13.8 Å². The van der Waals surface area contributed by atoms with E-state index >= 15 is 0 Å². The zero-order valence-corrected chi connectivity index (χ0v) is 35.0. The molecule has 0 spiro atoms. The van der Waals surface area contributed by atoms with E-state index in [4.69, 9.17) is 23.6 Å². The maximum Gasteiger partial charge on any atom is 0.472 e. The molecule has 0 aliphatic heterocycles. The van der Waals surface area contributed by atoms with Crippen LogP contribution in [-0.4, -0.2) is 66.3 Å². The number of hydrogen-bond donors (Lipinski definition) is 3. The fraction of sp³-hybridized carbons (Fsp3) is 0.976. The van der Waals surface area contributed by atoms with Crippen LogP contribution in [0.3, 0.4) is 0 Å². The number of carbonyl (C=O) groups is 1. The fourth-order valence-corrected chi connectivity index (χ4v) is 7.21. The Hall–Kier alpha value is -0.540. The summed E-state index contributed by atoms with van der Waals surface area (Å²) in [5, 5.41) is 18.3. The maximum absolute atomic E-state index is 12.6. The van der Waals surface area contributed by atoms with Crippen LogP contribution in [0.5, 0.6) is 0 Å². The van der Waals surface area contributed by atoms with Crippen molar-refractivity contribution in [3.63, 3.8) is 0 Å². The van der Waals surface area contributed by atoms with Gasteiger partial charge in [-0.05, 0) is 12.8 Å². The van der Waals surface area contributed by atoms with E-state index in [1.54, 1.807) is 0 Å². The number of aliphatic hydroxyl groups excluding tert-OH is 2. The van der Waals surface area contributed by atoms with Crippen molar-refractivity contribution in [2.45, 2.75) is 232 Å². The smallest absolute Gasteiger partial charge is 0.457 e. The third-order valence-electron chi connectivity index (χ3n) is 9.79. The first-order valence-electron chi connectivity index (χ1n) is 22.0. The highest BCUT2D eigenvalue weighted by Gasteiger charge is 2.26. The van der Waals surface area contributed by atoms with Crippen molar-refractivity contribution in [1.29, 1.82) is 0 Å². The molecule has 10 heteroatoms. The summed E-state index contributed by atoms with van der Waals surface area (Å²) >= 11 is 0. The number of ether oxygens (including phenoxy) is 2. The van der Waals surface area contributed by atoms with Gasteiger partial charge in [-0.15, -0.1) is 0 Å². The van der Waals surface area contributed by atoms with Crippen molar-refractivity contribution in [3.05, 3.63) is 0 Å². The Morgan fingerprint density at radius 2 is 0.865 bits per heavy atom. The minimum absolute atomic E-state index is 0.0581. The lowest BCUT2D eigenvalue weighted by molar-refractivity contribution is -0.154. The summed E-state index contributed by atoms with van der Waals surface area (Å²) in [5.41, 5.74) is 0. The number of hydrogen-bond acceptors (Lipinski definition) is 8. The third kappa shape index (κ3) is 39.2. The van der Waals surface area contributed by atoms with Crippen molar-refractivity contribution < 1.29 is 43.0 Å². The van der Waals surface area contributed by atoms with E-state index in [-0.39, 0.29) is 25.6 Å². The van der Waals surface area contributed by atoms with E-state index in [9.17, 15) is 19.4 Å². The Kier molecular flexibility index (Phi) is 39.7. The van der Waals surface area contributed by atoms with Gasteiger partial charge in [-0.25, -0.2) is 4.57 Å².